The second-order valence-corrected chi connectivity index (χ2v) is 6.42. The Hall–Kier alpha value is -3.23. The molecule has 0 atom stereocenters. The summed E-state index contributed by atoms with van der Waals surface area (Å²) in [5.41, 5.74) is 12.5. The van der Waals surface area contributed by atoms with E-state index in [1.54, 1.807) is 42.5 Å². The number of hydrogen-bond donors (Lipinski definition) is 4. The van der Waals surface area contributed by atoms with E-state index in [2.05, 4.69) is 26.1 Å². The summed E-state index contributed by atoms with van der Waals surface area (Å²) in [5.74, 6) is 0.696. The summed E-state index contributed by atoms with van der Waals surface area (Å²) in [7, 11) is 1.54. The van der Waals surface area contributed by atoms with Crippen molar-refractivity contribution in [3.05, 3.63) is 64.4 Å². The zero-order valence-electron chi connectivity index (χ0n) is 14.7. The van der Waals surface area contributed by atoms with Crippen LogP contribution >= 0.6 is 23.2 Å². The minimum atomic E-state index is -0.397. The number of rotatable bonds is 6. The standard InChI is InChI=1S/C18H16Cl2N6O2/c1-28-14-6-5-12(20)8-13(14)24-16-15(21)17(23-9-22-16)25-26-18(27)10-3-2-4-11(19)7-10/h2-9H,21H2,1H3,(H,26,27)(H2,22,23,24,25). The normalized spacial score (nSPS) is 10.2. The van der Waals surface area contributed by atoms with Crippen LogP contribution in [0.25, 0.3) is 0 Å². The van der Waals surface area contributed by atoms with Crippen molar-refractivity contribution >= 4 is 52.1 Å². The lowest BCUT2D eigenvalue weighted by Gasteiger charge is -2.15. The largest absolute Gasteiger partial charge is 0.495 e. The molecule has 8 nitrogen and oxygen atoms in total. The van der Waals surface area contributed by atoms with Gasteiger partial charge in [0, 0.05) is 15.6 Å². The van der Waals surface area contributed by atoms with Crippen molar-refractivity contribution in [2.24, 2.45) is 0 Å². The number of aromatic nitrogens is 2. The number of anilines is 4. The number of carbonyl (C=O) groups is 1. The van der Waals surface area contributed by atoms with E-state index in [1.165, 1.54) is 13.4 Å². The highest BCUT2D eigenvalue weighted by Crippen LogP contribution is 2.32. The number of nitrogens with zero attached hydrogens (tertiary/aromatic N) is 2. The number of nitrogen functional groups attached to an aromatic ring is 1. The van der Waals surface area contributed by atoms with Crippen LogP contribution in [0, 0.1) is 0 Å². The lowest BCUT2D eigenvalue weighted by atomic mass is 10.2. The molecule has 0 radical (unpaired) electrons. The van der Waals surface area contributed by atoms with Gasteiger partial charge in [0.05, 0.1) is 12.8 Å². The van der Waals surface area contributed by atoms with Gasteiger partial charge in [0.2, 0.25) is 0 Å². The Morgan fingerprint density at radius 2 is 1.82 bits per heavy atom. The summed E-state index contributed by atoms with van der Waals surface area (Å²) in [6, 6.07) is 11.6. The first kappa shape index (κ1) is 19.5. The van der Waals surface area contributed by atoms with Gasteiger partial charge in [0.25, 0.3) is 5.91 Å². The highest BCUT2D eigenvalue weighted by atomic mass is 35.5. The number of amides is 1. The van der Waals surface area contributed by atoms with E-state index in [9.17, 15) is 4.79 Å². The molecule has 2 aromatic carbocycles. The first-order valence-electron chi connectivity index (χ1n) is 8.01. The van der Waals surface area contributed by atoms with Gasteiger partial charge in [-0.15, -0.1) is 0 Å². The van der Waals surface area contributed by atoms with E-state index in [0.29, 0.717) is 32.9 Å². The summed E-state index contributed by atoms with van der Waals surface area (Å²) in [4.78, 5) is 20.4. The van der Waals surface area contributed by atoms with E-state index < -0.39 is 5.91 Å². The summed E-state index contributed by atoms with van der Waals surface area (Å²) < 4.78 is 5.29. The fourth-order valence-corrected chi connectivity index (χ4v) is 2.68. The molecule has 144 valence electrons. The van der Waals surface area contributed by atoms with Crippen molar-refractivity contribution in [3.63, 3.8) is 0 Å². The van der Waals surface area contributed by atoms with Crippen molar-refractivity contribution in [2.75, 3.05) is 23.6 Å². The Kier molecular flexibility index (Phi) is 6.03. The lowest BCUT2D eigenvalue weighted by Crippen LogP contribution is -2.30. The first-order chi connectivity index (χ1) is 13.5. The third-order valence-electron chi connectivity index (χ3n) is 3.68. The zero-order chi connectivity index (χ0) is 20.1. The SMILES string of the molecule is COc1ccc(Cl)cc1Nc1ncnc(NNC(=O)c2cccc(Cl)c2)c1N. The summed E-state index contributed by atoms with van der Waals surface area (Å²) >= 11 is 11.9. The van der Waals surface area contributed by atoms with Crippen molar-refractivity contribution in [3.8, 4) is 5.75 Å². The molecular formula is C18H16Cl2N6O2. The van der Waals surface area contributed by atoms with Crippen LogP contribution in [0.5, 0.6) is 5.75 Å². The maximum atomic E-state index is 12.2. The van der Waals surface area contributed by atoms with Crippen LogP contribution in [0.3, 0.4) is 0 Å². The molecule has 0 saturated carbocycles. The summed E-state index contributed by atoms with van der Waals surface area (Å²) in [6.45, 7) is 0. The number of carbonyl (C=O) groups excluding carboxylic acids is 1. The van der Waals surface area contributed by atoms with Crippen molar-refractivity contribution in [1.29, 1.82) is 0 Å². The number of methoxy groups -OCH3 is 1. The van der Waals surface area contributed by atoms with Gasteiger partial charge in [-0.05, 0) is 36.4 Å². The molecule has 0 aliphatic heterocycles. The Morgan fingerprint density at radius 3 is 2.57 bits per heavy atom. The predicted molar refractivity (Wildman–Crippen MR) is 110 cm³/mol. The Labute approximate surface area is 171 Å². The van der Waals surface area contributed by atoms with Crippen LogP contribution < -0.4 is 26.6 Å². The molecule has 0 saturated heterocycles. The Bertz CT molecular complexity index is 1020. The Morgan fingerprint density at radius 1 is 1.07 bits per heavy atom. The smallest absolute Gasteiger partial charge is 0.269 e. The van der Waals surface area contributed by atoms with Gasteiger partial charge in [0.1, 0.15) is 17.8 Å². The van der Waals surface area contributed by atoms with Crippen molar-refractivity contribution < 1.29 is 9.53 Å². The molecule has 0 spiro atoms. The molecule has 1 heterocycles. The second-order valence-electron chi connectivity index (χ2n) is 5.54. The quantitative estimate of drug-likeness (QED) is 0.449. The van der Waals surface area contributed by atoms with Gasteiger partial charge in [-0.25, -0.2) is 9.97 Å². The fraction of sp³-hybridized carbons (Fsp3) is 0.0556. The maximum absolute atomic E-state index is 12.2. The number of ether oxygens (including phenoxy) is 1. The number of benzene rings is 2. The third kappa shape index (κ3) is 4.54. The molecule has 1 aromatic heterocycles. The fourth-order valence-electron chi connectivity index (χ4n) is 2.32. The molecule has 5 N–H and O–H groups in total. The zero-order valence-corrected chi connectivity index (χ0v) is 16.2. The van der Waals surface area contributed by atoms with Crippen LogP contribution in [0.15, 0.2) is 48.8 Å². The minimum absolute atomic E-state index is 0.191. The van der Waals surface area contributed by atoms with E-state index >= 15 is 0 Å². The number of hydrogen-bond acceptors (Lipinski definition) is 7. The van der Waals surface area contributed by atoms with Crippen LogP contribution in [-0.2, 0) is 0 Å². The number of nitrogens with two attached hydrogens (primary N) is 1. The molecular weight excluding hydrogens is 403 g/mol. The lowest BCUT2D eigenvalue weighted by molar-refractivity contribution is 0.0962. The Balaban J connectivity index is 1.76. The van der Waals surface area contributed by atoms with Crippen molar-refractivity contribution in [1.82, 2.24) is 15.4 Å². The summed E-state index contributed by atoms with van der Waals surface area (Å²) in [5, 5.41) is 4.02. The van der Waals surface area contributed by atoms with Gasteiger partial charge in [-0.2, -0.15) is 0 Å². The molecule has 0 unspecified atom stereocenters. The molecule has 10 heteroatoms. The molecule has 28 heavy (non-hydrogen) atoms. The van der Waals surface area contributed by atoms with Crippen LogP contribution in [0.2, 0.25) is 10.0 Å². The van der Waals surface area contributed by atoms with E-state index in [4.69, 9.17) is 33.7 Å². The minimum Gasteiger partial charge on any atom is -0.495 e. The molecule has 0 fully saturated rings. The highest BCUT2D eigenvalue weighted by Gasteiger charge is 2.13. The predicted octanol–water partition coefficient (Wildman–Crippen LogP) is 3.87. The van der Waals surface area contributed by atoms with Crippen LogP contribution in [-0.4, -0.2) is 23.0 Å². The highest BCUT2D eigenvalue weighted by molar-refractivity contribution is 6.31. The van der Waals surface area contributed by atoms with Crippen LogP contribution in [0.1, 0.15) is 10.4 Å². The van der Waals surface area contributed by atoms with Crippen molar-refractivity contribution in [2.45, 2.75) is 0 Å². The monoisotopic (exact) mass is 418 g/mol. The van der Waals surface area contributed by atoms with Gasteiger partial charge in [-0.3, -0.25) is 15.6 Å². The average Bonchev–Trinajstić information content (AvgIpc) is 2.68. The van der Waals surface area contributed by atoms with E-state index in [-0.39, 0.29) is 11.5 Å². The van der Waals surface area contributed by atoms with Gasteiger partial charge >= 0.3 is 0 Å². The third-order valence-corrected chi connectivity index (χ3v) is 4.15. The second kappa shape index (κ2) is 8.64. The molecule has 3 aromatic rings. The topological polar surface area (TPSA) is 114 Å². The molecule has 1 amide bonds. The number of hydrazine groups is 1. The van der Waals surface area contributed by atoms with Gasteiger partial charge < -0.3 is 15.8 Å². The maximum Gasteiger partial charge on any atom is 0.269 e. The molecule has 3 rings (SSSR count). The number of nitrogens with one attached hydrogen (secondary N) is 3. The first-order valence-corrected chi connectivity index (χ1v) is 8.76. The van der Waals surface area contributed by atoms with Gasteiger partial charge in [0.15, 0.2) is 11.6 Å². The van der Waals surface area contributed by atoms with E-state index in [0.717, 1.165) is 0 Å². The van der Waals surface area contributed by atoms with Crippen LogP contribution in [0.4, 0.5) is 23.0 Å². The van der Waals surface area contributed by atoms with E-state index in [1.807, 2.05) is 0 Å². The average molecular weight is 419 g/mol. The van der Waals surface area contributed by atoms with Gasteiger partial charge in [-0.1, -0.05) is 29.3 Å². The molecule has 0 aliphatic rings. The number of halogens is 2. The molecule has 0 bridgehead atoms. The summed E-state index contributed by atoms with van der Waals surface area (Å²) in [6.07, 6.45) is 1.30. The molecule has 0 aliphatic carbocycles.